The molecule has 2 atom stereocenters. The molecule has 72 valence electrons. The molecule has 0 spiro atoms. The molecule has 3 heteroatoms. The Morgan fingerprint density at radius 3 is 2.92 bits per heavy atom. The van der Waals surface area contributed by atoms with Crippen LogP contribution in [0.2, 0.25) is 0 Å². The molecular formula is C9H20N2O. The Morgan fingerprint density at radius 1 is 1.67 bits per heavy atom. The molecule has 0 amide bonds. The van der Waals surface area contributed by atoms with Crippen LogP contribution in [0.25, 0.3) is 0 Å². The lowest BCUT2D eigenvalue weighted by molar-refractivity contribution is 0.0495. The highest BCUT2D eigenvalue weighted by Gasteiger charge is 2.22. The summed E-state index contributed by atoms with van der Waals surface area (Å²) in [4.78, 5) is 7.24. The van der Waals surface area contributed by atoms with Crippen LogP contribution in [0.5, 0.6) is 0 Å². The number of rotatable bonds is 4. The normalized spacial score (nSPS) is 27.8. The zero-order valence-corrected chi connectivity index (χ0v) is 8.12. The molecule has 0 aromatic heterocycles. The van der Waals surface area contributed by atoms with Gasteiger partial charge in [-0.15, -0.1) is 0 Å². The number of nitrogens with zero attached hydrogens (tertiary/aromatic N) is 1. The van der Waals surface area contributed by atoms with Crippen LogP contribution in [-0.4, -0.2) is 30.6 Å². The van der Waals surface area contributed by atoms with Crippen LogP contribution in [0.4, 0.5) is 0 Å². The highest BCUT2D eigenvalue weighted by Crippen LogP contribution is 2.20. The average Bonchev–Trinajstić information content (AvgIpc) is 2.52. The maximum Gasteiger partial charge on any atom is 0.0762 e. The quantitative estimate of drug-likeness (QED) is 0.643. The van der Waals surface area contributed by atoms with Crippen LogP contribution < -0.4 is 5.90 Å². The van der Waals surface area contributed by atoms with Gasteiger partial charge >= 0.3 is 0 Å². The third-order valence-corrected chi connectivity index (χ3v) is 2.71. The number of hydrogen-bond acceptors (Lipinski definition) is 3. The Morgan fingerprint density at radius 2 is 2.42 bits per heavy atom. The summed E-state index contributed by atoms with van der Waals surface area (Å²) in [6, 6.07) is 0. The summed E-state index contributed by atoms with van der Waals surface area (Å²) in [5.41, 5.74) is 0. The molecule has 1 aliphatic rings. The Labute approximate surface area is 74.8 Å². The summed E-state index contributed by atoms with van der Waals surface area (Å²) in [5, 5.41) is 0. The van der Waals surface area contributed by atoms with Crippen LogP contribution in [0.3, 0.4) is 0 Å². The molecule has 2 N–H and O–H groups in total. The first-order valence-electron chi connectivity index (χ1n) is 4.84. The van der Waals surface area contributed by atoms with E-state index in [0.29, 0.717) is 0 Å². The van der Waals surface area contributed by atoms with E-state index in [0.717, 1.165) is 12.3 Å². The minimum Gasteiger partial charge on any atom is -0.303 e. The van der Waals surface area contributed by atoms with Gasteiger partial charge in [0, 0.05) is 6.54 Å². The van der Waals surface area contributed by atoms with Crippen LogP contribution in [-0.2, 0) is 4.84 Å². The number of hydrogen-bond donors (Lipinski definition) is 1. The molecule has 0 saturated carbocycles. The lowest BCUT2D eigenvalue weighted by atomic mass is 10.0. The van der Waals surface area contributed by atoms with E-state index < -0.39 is 0 Å². The zero-order chi connectivity index (χ0) is 8.97. The van der Waals surface area contributed by atoms with Crippen molar-refractivity contribution in [2.24, 2.45) is 11.8 Å². The molecule has 1 heterocycles. The summed E-state index contributed by atoms with van der Waals surface area (Å²) in [7, 11) is 0. The average molecular weight is 172 g/mol. The smallest absolute Gasteiger partial charge is 0.0762 e. The molecule has 12 heavy (non-hydrogen) atoms. The molecule has 1 rings (SSSR count). The van der Waals surface area contributed by atoms with Gasteiger partial charge in [0.2, 0.25) is 0 Å². The van der Waals surface area contributed by atoms with E-state index in [1.54, 1.807) is 0 Å². The lowest BCUT2D eigenvalue weighted by Gasteiger charge is -2.15. The van der Waals surface area contributed by atoms with Gasteiger partial charge in [-0.05, 0) is 38.8 Å². The Kier molecular flexibility index (Phi) is 3.98. The molecule has 0 bridgehead atoms. The van der Waals surface area contributed by atoms with Gasteiger partial charge in [0.05, 0.1) is 6.10 Å². The third kappa shape index (κ3) is 2.73. The fourth-order valence-corrected chi connectivity index (χ4v) is 1.92. The lowest BCUT2D eigenvalue weighted by Crippen LogP contribution is -2.22. The standard InChI is InChI=1S/C9H20N2O/c1-3-11-5-4-9(7-11)6-8(2)12-10/h8-9H,3-7,10H2,1-2H3. The maximum absolute atomic E-state index is 5.10. The molecule has 0 radical (unpaired) electrons. The van der Waals surface area contributed by atoms with Gasteiger partial charge in [-0.1, -0.05) is 6.92 Å². The molecule has 1 fully saturated rings. The maximum atomic E-state index is 5.10. The van der Waals surface area contributed by atoms with E-state index >= 15 is 0 Å². The van der Waals surface area contributed by atoms with E-state index in [1.165, 1.54) is 26.1 Å². The number of nitrogens with two attached hydrogens (primary N) is 1. The van der Waals surface area contributed by atoms with Crippen molar-refractivity contribution in [1.29, 1.82) is 0 Å². The van der Waals surface area contributed by atoms with Crippen molar-refractivity contribution in [2.45, 2.75) is 32.8 Å². The van der Waals surface area contributed by atoms with Crippen molar-refractivity contribution in [2.75, 3.05) is 19.6 Å². The van der Waals surface area contributed by atoms with Crippen molar-refractivity contribution in [1.82, 2.24) is 4.90 Å². The predicted molar refractivity (Wildman–Crippen MR) is 49.6 cm³/mol. The minimum absolute atomic E-state index is 0.215. The topological polar surface area (TPSA) is 38.5 Å². The van der Waals surface area contributed by atoms with Gasteiger partial charge in [0.15, 0.2) is 0 Å². The highest BCUT2D eigenvalue weighted by molar-refractivity contribution is 4.75. The van der Waals surface area contributed by atoms with Crippen molar-refractivity contribution >= 4 is 0 Å². The van der Waals surface area contributed by atoms with E-state index in [-0.39, 0.29) is 6.10 Å². The molecular weight excluding hydrogens is 152 g/mol. The second-order valence-corrected chi connectivity index (χ2v) is 3.73. The van der Waals surface area contributed by atoms with Gasteiger partial charge in [-0.3, -0.25) is 0 Å². The first kappa shape index (κ1) is 9.96. The fourth-order valence-electron chi connectivity index (χ4n) is 1.92. The minimum atomic E-state index is 0.215. The Bertz CT molecular complexity index is 130. The summed E-state index contributed by atoms with van der Waals surface area (Å²) in [6.07, 6.45) is 2.63. The van der Waals surface area contributed by atoms with Gasteiger partial charge in [0.1, 0.15) is 0 Å². The van der Waals surface area contributed by atoms with Crippen LogP contribution >= 0.6 is 0 Å². The van der Waals surface area contributed by atoms with Gasteiger partial charge in [-0.25, -0.2) is 5.90 Å². The second kappa shape index (κ2) is 4.80. The molecule has 0 aliphatic carbocycles. The van der Waals surface area contributed by atoms with Crippen LogP contribution in [0.15, 0.2) is 0 Å². The molecule has 0 aromatic rings. The SMILES string of the molecule is CCN1CCC(CC(C)ON)C1. The van der Waals surface area contributed by atoms with Gasteiger partial charge < -0.3 is 9.74 Å². The summed E-state index contributed by atoms with van der Waals surface area (Å²) in [6.45, 7) is 7.90. The first-order valence-corrected chi connectivity index (χ1v) is 4.84. The van der Waals surface area contributed by atoms with Crippen molar-refractivity contribution in [3.63, 3.8) is 0 Å². The van der Waals surface area contributed by atoms with Gasteiger partial charge in [-0.2, -0.15) is 0 Å². The molecule has 2 unspecified atom stereocenters. The Balaban J connectivity index is 2.18. The Hall–Kier alpha value is -0.120. The second-order valence-electron chi connectivity index (χ2n) is 3.73. The van der Waals surface area contributed by atoms with Crippen molar-refractivity contribution in [3.05, 3.63) is 0 Å². The van der Waals surface area contributed by atoms with Gasteiger partial charge in [0.25, 0.3) is 0 Å². The summed E-state index contributed by atoms with van der Waals surface area (Å²) in [5.74, 6) is 5.90. The molecule has 3 nitrogen and oxygen atoms in total. The fraction of sp³-hybridized carbons (Fsp3) is 1.00. The number of likely N-dealkylation sites (tertiary alicyclic amines) is 1. The van der Waals surface area contributed by atoms with Crippen molar-refractivity contribution < 1.29 is 4.84 Å². The summed E-state index contributed by atoms with van der Waals surface area (Å²) < 4.78 is 0. The van der Waals surface area contributed by atoms with E-state index in [9.17, 15) is 0 Å². The van der Waals surface area contributed by atoms with E-state index in [2.05, 4.69) is 11.8 Å². The summed E-state index contributed by atoms with van der Waals surface area (Å²) >= 11 is 0. The van der Waals surface area contributed by atoms with Crippen LogP contribution in [0.1, 0.15) is 26.7 Å². The molecule has 1 aliphatic heterocycles. The van der Waals surface area contributed by atoms with E-state index in [1.807, 2.05) is 6.92 Å². The van der Waals surface area contributed by atoms with E-state index in [4.69, 9.17) is 10.7 Å². The molecule has 0 aromatic carbocycles. The van der Waals surface area contributed by atoms with Crippen molar-refractivity contribution in [3.8, 4) is 0 Å². The first-order chi connectivity index (χ1) is 5.76. The third-order valence-electron chi connectivity index (χ3n) is 2.71. The predicted octanol–water partition coefficient (Wildman–Crippen LogP) is 0.997. The monoisotopic (exact) mass is 172 g/mol. The highest BCUT2D eigenvalue weighted by atomic mass is 16.6. The zero-order valence-electron chi connectivity index (χ0n) is 8.12. The van der Waals surface area contributed by atoms with Crippen LogP contribution in [0, 0.1) is 5.92 Å². The molecule has 1 saturated heterocycles. The largest absolute Gasteiger partial charge is 0.303 e.